The van der Waals surface area contributed by atoms with Crippen LogP contribution in [0.3, 0.4) is 0 Å². The molecule has 2 heterocycles. The summed E-state index contributed by atoms with van der Waals surface area (Å²) in [7, 11) is 0. The van der Waals surface area contributed by atoms with Crippen LogP contribution in [0.15, 0.2) is 36.4 Å². The summed E-state index contributed by atoms with van der Waals surface area (Å²) in [6.45, 7) is 10.3. The number of hydrogen-bond donors (Lipinski definition) is 0. The molecule has 0 bridgehead atoms. The monoisotopic (exact) mass is 477 g/mol. The maximum Gasteiger partial charge on any atom is 0.120 e. The fraction of sp³-hybridized carbons (Fsp3) is 0.458. The fourth-order valence-electron chi connectivity index (χ4n) is 3.84. The lowest BCUT2D eigenvalue weighted by Gasteiger charge is -2.36. The van der Waals surface area contributed by atoms with Crippen LogP contribution in [-0.2, 0) is 0 Å². The number of thiazole rings is 1. The molecule has 4 nitrogen and oxygen atoms in total. The van der Waals surface area contributed by atoms with E-state index in [9.17, 15) is 0 Å². The summed E-state index contributed by atoms with van der Waals surface area (Å²) in [4.78, 5) is 9.54. The summed E-state index contributed by atoms with van der Waals surface area (Å²) in [6.07, 6.45) is 2.19. The number of ether oxygens (including phenoxy) is 1. The molecule has 3 aromatic rings. The van der Waals surface area contributed by atoms with Crippen LogP contribution in [-0.4, -0.2) is 49.2 Å². The van der Waals surface area contributed by atoms with Crippen molar-refractivity contribution in [3.8, 4) is 5.75 Å². The number of fused-ring (bicyclic) bond motifs is 1. The lowest BCUT2D eigenvalue weighted by atomic mass is 10.2. The van der Waals surface area contributed by atoms with Gasteiger partial charge in [0.1, 0.15) is 5.75 Å². The summed E-state index contributed by atoms with van der Waals surface area (Å²) in [5.41, 5.74) is 2.11. The number of anilines is 1. The molecule has 1 saturated heterocycles. The minimum absolute atomic E-state index is 0.464. The van der Waals surface area contributed by atoms with Crippen LogP contribution in [0.5, 0.6) is 5.75 Å². The molecule has 31 heavy (non-hydrogen) atoms. The van der Waals surface area contributed by atoms with Gasteiger partial charge in [-0.15, -0.1) is 11.3 Å². The lowest BCUT2D eigenvalue weighted by molar-refractivity contribution is 0.238. The van der Waals surface area contributed by atoms with Crippen LogP contribution in [0.1, 0.15) is 37.6 Å². The number of benzene rings is 2. The molecule has 1 fully saturated rings. The largest absolute Gasteiger partial charge is 0.494 e. The molecule has 1 aliphatic rings. The first-order valence-electron chi connectivity index (χ1n) is 11.0. The number of rotatable bonds is 8. The molecule has 0 amide bonds. The highest BCUT2D eigenvalue weighted by molar-refractivity contribution is 7.18. The molecular formula is C24H29Cl2N3OS. The summed E-state index contributed by atoms with van der Waals surface area (Å²) < 4.78 is 7.20. The lowest BCUT2D eigenvalue weighted by Crippen LogP contribution is -2.46. The average Bonchev–Trinajstić information content (AvgIpc) is 3.20. The third-order valence-electron chi connectivity index (χ3n) is 5.65. The van der Waals surface area contributed by atoms with Gasteiger partial charge < -0.3 is 9.64 Å². The van der Waals surface area contributed by atoms with E-state index in [0.717, 1.165) is 69.1 Å². The van der Waals surface area contributed by atoms with Crippen molar-refractivity contribution in [1.29, 1.82) is 0 Å². The van der Waals surface area contributed by atoms with E-state index in [0.29, 0.717) is 16.0 Å². The van der Waals surface area contributed by atoms with Gasteiger partial charge in [-0.1, -0.05) is 43.1 Å². The Labute approximate surface area is 198 Å². The van der Waals surface area contributed by atoms with Crippen LogP contribution in [0.4, 0.5) is 5.69 Å². The van der Waals surface area contributed by atoms with Crippen molar-refractivity contribution in [2.45, 2.75) is 32.6 Å². The highest BCUT2D eigenvalue weighted by atomic mass is 35.5. The third-order valence-corrected chi connectivity index (χ3v) is 7.78. The molecular weight excluding hydrogens is 449 g/mol. The molecule has 166 valence electrons. The van der Waals surface area contributed by atoms with E-state index in [-0.39, 0.29) is 0 Å². The van der Waals surface area contributed by atoms with Crippen molar-refractivity contribution in [2.24, 2.45) is 0 Å². The topological polar surface area (TPSA) is 28.6 Å². The van der Waals surface area contributed by atoms with E-state index in [2.05, 4.69) is 46.8 Å². The Morgan fingerprint density at radius 1 is 1.06 bits per heavy atom. The van der Waals surface area contributed by atoms with Gasteiger partial charge in [-0.2, -0.15) is 0 Å². The van der Waals surface area contributed by atoms with Gasteiger partial charge in [0.25, 0.3) is 0 Å². The normalized spacial score (nSPS) is 15.2. The molecule has 7 heteroatoms. The Kier molecular flexibility index (Phi) is 7.59. The van der Waals surface area contributed by atoms with Crippen LogP contribution in [0, 0.1) is 0 Å². The smallest absolute Gasteiger partial charge is 0.120 e. The highest BCUT2D eigenvalue weighted by Crippen LogP contribution is 2.33. The van der Waals surface area contributed by atoms with Gasteiger partial charge in [0.05, 0.1) is 37.6 Å². The maximum atomic E-state index is 6.37. The maximum absolute atomic E-state index is 6.37. The second-order valence-electron chi connectivity index (χ2n) is 8.29. The van der Waals surface area contributed by atoms with E-state index >= 15 is 0 Å². The summed E-state index contributed by atoms with van der Waals surface area (Å²) in [5.74, 6) is 1.41. The van der Waals surface area contributed by atoms with Crippen molar-refractivity contribution in [3.63, 3.8) is 0 Å². The molecule has 1 aromatic heterocycles. The van der Waals surface area contributed by atoms with Gasteiger partial charge in [0.15, 0.2) is 0 Å². The van der Waals surface area contributed by atoms with E-state index in [1.54, 1.807) is 11.3 Å². The molecule has 0 atom stereocenters. The number of hydrogen-bond acceptors (Lipinski definition) is 5. The number of unbranched alkanes of at least 4 members (excludes halogenated alkanes) is 1. The third kappa shape index (κ3) is 5.64. The van der Waals surface area contributed by atoms with Crippen LogP contribution < -0.4 is 9.64 Å². The predicted molar refractivity (Wildman–Crippen MR) is 134 cm³/mol. The van der Waals surface area contributed by atoms with Gasteiger partial charge in [-0.05, 0) is 49.7 Å². The Morgan fingerprint density at radius 2 is 1.87 bits per heavy atom. The quantitative estimate of drug-likeness (QED) is 0.337. The molecule has 0 aliphatic carbocycles. The summed E-state index contributed by atoms with van der Waals surface area (Å²) >= 11 is 14.3. The predicted octanol–water partition coefficient (Wildman–Crippen LogP) is 6.71. The van der Waals surface area contributed by atoms with Gasteiger partial charge in [0, 0.05) is 32.1 Å². The molecule has 4 rings (SSSR count). The molecule has 0 unspecified atom stereocenters. The van der Waals surface area contributed by atoms with Crippen molar-refractivity contribution >= 4 is 50.4 Å². The zero-order valence-electron chi connectivity index (χ0n) is 18.1. The first kappa shape index (κ1) is 22.7. The molecule has 1 aliphatic heterocycles. The van der Waals surface area contributed by atoms with Gasteiger partial charge >= 0.3 is 0 Å². The molecule has 0 spiro atoms. The molecule has 0 N–H and O–H groups in total. The zero-order valence-corrected chi connectivity index (χ0v) is 20.4. The van der Waals surface area contributed by atoms with Gasteiger partial charge in [-0.25, -0.2) is 4.98 Å². The number of aromatic nitrogens is 1. The molecule has 0 radical (unpaired) electrons. The van der Waals surface area contributed by atoms with E-state index in [4.69, 9.17) is 27.9 Å². The van der Waals surface area contributed by atoms with Crippen molar-refractivity contribution in [1.82, 2.24) is 9.88 Å². The second kappa shape index (κ2) is 10.4. The number of piperazine rings is 1. The van der Waals surface area contributed by atoms with Crippen molar-refractivity contribution in [3.05, 3.63) is 51.5 Å². The SMILES string of the molecule is CC(C)c1nc2ccc(OCCCCN3CCN(c4cccc(Cl)c4Cl)CC3)cc2s1. The summed E-state index contributed by atoms with van der Waals surface area (Å²) in [6, 6.07) is 12.1. The van der Waals surface area contributed by atoms with Crippen LogP contribution >= 0.6 is 34.5 Å². The minimum atomic E-state index is 0.464. The Morgan fingerprint density at radius 3 is 2.65 bits per heavy atom. The van der Waals surface area contributed by atoms with Crippen LogP contribution in [0.25, 0.3) is 10.2 Å². The standard InChI is InChI=1S/C24H29Cl2N3OS/c1-17(2)24-27-20-9-8-18(16-22(20)31-24)30-15-4-3-10-28-11-13-29(14-12-28)21-7-5-6-19(25)23(21)26/h5-9,16-17H,3-4,10-15H2,1-2H3. The number of nitrogens with zero attached hydrogens (tertiary/aromatic N) is 3. The van der Waals surface area contributed by atoms with Crippen molar-refractivity contribution < 1.29 is 4.74 Å². The fourth-order valence-corrected chi connectivity index (χ4v) is 5.25. The van der Waals surface area contributed by atoms with Gasteiger partial charge in [-0.3, -0.25) is 4.90 Å². The second-order valence-corrected chi connectivity index (χ2v) is 10.1. The average molecular weight is 478 g/mol. The van der Waals surface area contributed by atoms with E-state index in [1.807, 2.05) is 18.2 Å². The zero-order chi connectivity index (χ0) is 21.8. The van der Waals surface area contributed by atoms with Crippen LogP contribution in [0.2, 0.25) is 10.0 Å². The summed E-state index contributed by atoms with van der Waals surface area (Å²) in [5, 5.41) is 2.47. The van der Waals surface area contributed by atoms with E-state index < -0.39 is 0 Å². The highest BCUT2D eigenvalue weighted by Gasteiger charge is 2.19. The first-order valence-corrected chi connectivity index (χ1v) is 12.5. The van der Waals surface area contributed by atoms with E-state index in [1.165, 1.54) is 9.71 Å². The Hall–Kier alpha value is -1.53. The molecule has 2 aromatic carbocycles. The van der Waals surface area contributed by atoms with Gasteiger partial charge in [0.2, 0.25) is 0 Å². The Balaban J connectivity index is 1.17. The number of halogens is 2. The minimum Gasteiger partial charge on any atom is -0.494 e. The molecule has 0 saturated carbocycles. The Bertz CT molecular complexity index is 1020. The first-order chi connectivity index (χ1) is 15.0. The van der Waals surface area contributed by atoms with Crippen molar-refractivity contribution in [2.75, 3.05) is 44.2 Å².